The first kappa shape index (κ1) is 12.4. The lowest BCUT2D eigenvalue weighted by atomic mass is 9.93. The Morgan fingerprint density at radius 2 is 2.12 bits per heavy atom. The minimum atomic E-state index is 0.783. The molecule has 2 rings (SSSR count). The quantitative estimate of drug-likeness (QED) is 0.900. The average Bonchev–Trinajstić information content (AvgIpc) is 2.67. The SMILES string of the molecule is NCCN1CCC(Cc2ccc(Cl)s2)CC1. The summed E-state index contributed by atoms with van der Waals surface area (Å²) in [6, 6.07) is 4.17. The molecule has 2 N–H and O–H groups in total. The average molecular weight is 259 g/mol. The molecule has 0 amide bonds. The van der Waals surface area contributed by atoms with Crippen LogP contribution < -0.4 is 5.73 Å². The molecule has 0 aliphatic carbocycles. The first-order valence-corrected chi connectivity index (χ1v) is 7.14. The summed E-state index contributed by atoms with van der Waals surface area (Å²) in [7, 11) is 0. The molecule has 1 saturated heterocycles. The number of rotatable bonds is 4. The number of hydrogen-bond donors (Lipinski definition) is 1. The van der Waals surface area contributed by atoms with Crippen LogP contribution in [0, 0.1) is 5.92 Å². The molecule has 0 aromatic carbocycles. The second-order valence-electron chi connectivity index (χ2n) is 4.48. The third kappa shape index (κ3) is 3.45. The highest BCUT2D eigenvalue weighted by Crippen LogP contribution is 2.27. The second kappa shape index (κ2) is 6.01. The fourth-order valence-electron chi connectivity index (χ4n) is 2.34. The summed E-state index contributed by atoms with van der Waals surface area (Å²) in [6.45, 7) is 4.25. The van der Waals surface area contributed by atoms with E-state index in [0.717, 1.165) is 23.3 Å². The maximum atomic E-state index is 5.94. The van der Waals surface area contributed by atoms with Gasteiger partial charge in [0.25, 0.3) is 0 Å². The fraction of sp³-hybridized carbons (Fsp3) is 0.667. The Morgan fingerprint density at radius 1 is 1.38 bits per heavy atom. The van der Waals surface area contributed by atoms with Gasteiger partial charge in [-0.25, -0.2) is 0 Å². The highest BCUT2D eigenvalue weighted by molar-refractivity contribution is 7.16. The van der Waals surface area contributed by atoms with Crippen molar-refractivity contribution in [1.29, 1.82) is 0 Å². The van der Waals surface area contributed by atoms with E-state index in [1.807, 2.05) is 6.07 Å². The van der Waals surface area contributed by atoms with Crippen molar-refractivity contribution in [3.8, 4) is 0 Å². The van der Waals surface area contributed by atoms with Crippen molar-refractivity contribution in [2.45, 2.75) is 19.3 Å². The van der Waals surface area contributed by atoms with Crippen LogP contribution in [0.5, 0.6) is 0 Å². The zero-order chi connectivity index (χ0) is 11.4. The van der Waals surface area contributed by atoms with Crippen LogP contribution in [0.2, 0.25) is 4.34 Å². The molecule has 2 heterocycles. The Hall–Kier alpha value is -0.0900. The van der Waals surface area contributed by atoms with Crippen molar-refractivity contribution in [2.75, 3.05) is 26.2 Å². The van der Waals surface area contributed by atoms with E-state index in [-0.39, 0.29) is 0 Å². The topological polar surface area (TPSA) is 29.3 Å². The van der Waals surface area contributed by atoms with E-state index in [1.54, 1.807) is 11.3 Å². The molecule has 1 fully saturated rings. The Bertz CT molecular complexity index is 319. The van der Waals surface area contributed by atoms with Crippen molar-refractivity contribution < 1.29 is 0 Å². The van der Waals surface area contributed by atoms with Gasteiger partial charge in [0.15, 0.2) is 0 Å². The lowest BCUT2D eigenvalue weighted by Gasteiger charge is -2.31. The number of hydrogen-bond acceptors (Lipinski definition) is 3. The van der Waals surface area contributed by atoms with Crippen molar-refractivity contribution >= 4 is 22.9 Å². The Labute approximate surface area is 106 Å². The molecule has 16 heavy (non-hydrogen) atoms. The largest absolute Gasteiger partial charge is 0.329 e. The predicted octanol–water partition coefficient (Wildman–Crippen LogP) is 2.61. The first-order chi connectivity index (χ1) is 7.78. The normalized spacial score (nSPS) is 19.1. The molecule has 90 valence electrons. The summed E-state index contributed by atoms with van der Waals surface area (Å²) in [5.41, 5.74) is 5.57. The standard InChI is InChI=1S/C12H19ClN2S/c13-12-2-1-11(16-12)9-10-3-6-15(7-4-10)8-5-14/h1-2,10H,3-9,14H2. The fourth-order valence-corrected chi connectivity index (χ4v) is 3.54. The Kier molecular flexibility index (Phi) is 4.65. The summed E-state index contributed by atoms with van der Waals surface area (Å²) < 4.78 is 0.913. The molecule has 0 unspecified atom stereocenters. The van der Waals surface area contributed by atoms with E-state index >= 15 is 0 Å². The summed E-state index contributed by atoms with van der Waals surface area (Å²) in [5.74, 6) is 0.837. The summed E-state index contributed by atoms with van der Waals surface area (Å²) in [4.78, 5) is 3.90. The van der Waals surface area contributed by atoms with Gasteiger partial charge >= 0.3 is 0 Å². The van der Waals surface area contributed by atoms with E-state index in [2.05, 4.69) is 11.0 Å². The summed E-state index contributed by atoms with van der Waals surface area (Å²) in [5, 5.41) is 0. The maximum absolute atomic E-state index is 5.94. The van der Waals surface area contributed by atoms with Crippen molar-refractivity contribution in [3.63, 3.8) is 0 Å². The van der Waals surface area contributed by atoms with Gasteiger partial charge in [0.1, 0.15) is 0 Å². The van der Waals surface area contributed by atoms with Crippen molar-refractivity contribution in [3.05, 3.63) is 21.3 Å². The summed E-state index contributed by atoms with van der Waals surface area (Å²) in [6.07, 6.45) is 3.80. The molecule has 1 aliphatic rings. The molecule has 1 aromatic rings. The molecular formula is C12H19ClN2S. The van der Waals surface area contributed by atoms with Gasteiger partial charge in [-0.2, -0.15) is 0 Å². The van der Waals surface area contributed by atoms with E-state index in [9.17, 15) is 0 Å². The minimum absolute atomic E-state index is 0.783. The molecule has 2 nitrogen and oxygen atoms in total. The van der Waals surface area contributed by atoms with Crippen molar-refractivity contribution in [1.82, 2.24) is 4.90 Å². The van der Waals surface area contributed by atoms with E-state index in [0.29, 0.717) is 0 Å². The molecule has 0 bridgehead atoms. The minimum Gasteiger partial charge on any atom is -0.329 e. The molecule has 4 heteroatoms. The smallest absolute Gasteiger partial charge is 0.0931 e. The van der Waals surface area contributed by atoms with Gasteiger partial charge in [-0.05, 0) is 50.4 Å². The highest BCUT2D eigenvalue weighted by atomic mass is 35.5. The Balaban J connectivity index is 1.77. The van der Waals surface area contributed by atoms with Gasteiger partial charge in [0.05, 0.1) is 4.34 Å². The molecule has 0 spiro atoms. The molecule has 1 aliphatic heterocycles. The highest BCUT2D eigenvalue weighted by Gasteiger charge is 2.19. The Morgan fingerprint density at radius 3 is 2.69 bits per heavy atom. The van der Waals surface area contributed by atoms with Crippen LogP contribution >= 0.6 is 22.9 Å². The van der Waals surface area contributed by atoms with Gasteiger partial charge in [-0.15, -0.1) is 11.3 Å². The van der Waals surface area contributed by atoms with E-state index < -0.39 is 0 Å². The van der Waals surface area contributed by atoms with Crippen LogP contribution in [0.25, 0.3) is 0 Å². The lowest BCUT2D eigenvalue weighted by Crippen LogP contribution is -2.37. The monoisotopic (exact) mass is 258 g/mol. The molecule has 0 saturated carbocycles. The van der Waals surface area contributed by atoms with Crippen molar-refractivity contribution in [2.24, 2.45) is 11.7 Å². The molecular weight excluding hydrogens is 240 g/mol. The van der Waals surface area contributed by atoms with E-state index in [4.69, 9.17) is 17.3 Å². The van der Waals surface area contributed by atoms with Gasteiger partial charge in [-0.3, -0.25) is 0 Å². The second-order valence-corrected chi connectivity index (χ2v) is 6.28. The van der Waals surface area contributed by atoms with Gasteiger partial charge in [0.2, 0.25) is 0 Å². The van der Waals surface area contributed by atoms with Crippen LogP contribution in [-0.4, -0.2) is 31.1 Å². The number of thiophene rings is 1. The van der Waals surface area contributed by atoms with E-state index in [1.165, 1.54) is 37.2 Å². The van der Waals surface area contributed by atoms with Crippen LogP contribution in [0.3, 0.4) is 0 Å². The van der Waals surface area contributed by atoms with Gasteiger partial charge in [0, 0.05) is 18.0 Å². The molecule has 1 aromatic heterocycles. The zero-order valence-electron chi connectivity index (χ0n) is 9.49. The predicted molar refractivity (Wildman–Crippen MR) is 71.3 cm³/mol. The van der Waals surface area contributed by atoms with Gasteiger partial charge < -0.3 is 10.6 Å². The van der Waals surface area contributed by atoms with Crippen LogP contribution in [0.1, 0.15) is 17.7 Å². The number of nitrogens with two attached hydrogens (primary N) is 1. The summed E-state index contributed by atoms with van der Waals surface area (Å²) >= 11 is 7.66. The maximum Gasteiger partial charge on any atom is 0.0931 e. The number of likely N-dealkylation sites (tertiary alicyclic amines) is 1. The number of nitrogens with zero attached hydrogens (tertiary/aromatic N) is 1. The lowest BCUT2D eigenvalue weighted by molar-refractivity contribution is 0.189. The van der Waals surface area contributed by atoms with Crippen LogP contribution in [0.4, 0.5) is 0 Å². The van der Waals surface area contributed by atoms with Gasteiger partial charge in [-0.1, -0.05) is 11.6 Å². The molecule has 0 atom stereocenters. The van der Waals surface area contributed by atoms with Crippen LogP contribution in [-0.2, 0) is 6.42 Å². The number of piperidine rings is 1. The third-order valence-electron chi connectivity index (χ3n) is 3.27. The molecule has 0 radical (unpaired) electrons. The zero-order valence-corrected chi connectivity index (χ0v) is 11.1. The van der Waals surface area contributed by atoms with Crippen LogP contribution in [0.15, 0.2) is 12.1 Å². The third-order valence-corrected chi connectivity index (χ3v) is 4.52. The number of halogens is 1. The first-order valence-electron chi connectivity index (χ1n) is 5.94.